The third-order valence-corrected chi connectivity index (χ3v) is 5.93. The lowest BCUT2D eigenvalue weighted by atomic mass is 10.1. The van der Waals surface area contributed by atoms with Crippen LogP contribution in [0.5, 0.6) is 5.75 Å². The van der Waals surface area contributed by atoms with Crippen LogP contribution in [0, 0.1) is 0 Å². The Morgan fingerprint density at radius 1 is 1.00 bits per heavy atom. The van der Waals surface area contributed by atoms with Crippen LogP contribution in [-0.4, -0.2) is 56.1 Å². The monoisotopic (exact) mass is 431 g/mol. The van der Waals surface area contributed by atoms with E-state index in [1.54, 1.807) is 0 Å². The second-order valence-corrected chi connectivity index (χ2v) is 8.25. The Bertz CT molecular complexity index is 869. The van der Waals surface area contributed by atoms with Crippen molar-refractivity contribution in [3.05, 3.63) is 103 Å². The van der Waals surface area contributed by atoms with E-state index in [0.29, 0.717) is 0 Å². The largest absolute Gasteiger partial charge is 0.485 e. The Morgan fingerprint density at radius 2 is 1.69 bits per heavy atom. The SMILES string of the molecule is C=C/C=C(\C=C)CN1CCN(Cc2ccccc2OC(CCNC)c2ccccc2)CC1. The molecule has 1 saturated heterocycles. The molecule has 1 aliphatic rings. The van der Waals surface area contributed by atoms with Crippen molar-refractivity contribution in [1.82, 2.24) is 15.1 Å². The summed E-state index contributed by atoms with van der Waals surface area (Å²) >= 11 is 0. The van der Waals surface area contributed by atoms with Crippen molar-refractivity contribution in [2.45, 2.75) is 19.1 Å². The Hall–Kier alpha value is -2.66. The molecule has 3 rings (SSSR count). The molecule has 2 aromatic carbocycles. The van der Waals surface area contributed by atoms with Gasteiger partial charge in [-0.2, -0.15) is 0 Å². The van der Waals surface area contributed by atoms with Gasteiger partial charge in [0.05, 0.1) is 0 Å². The molecule has 0 aromatic heterocycles. The van der Waals surface area contributed by atoms with E-state index in [4.69, 9.17) is 4.74 Å². The summed E-state index contributed by atoms with van der Waals surface area (Å²) in [7, 11) is 1.99. The lowest BCUT2D eigenvalue weighted by Gasteiger charge is -2.35. The highest BCUT2D eigenvalue weighted by Gasteiger charge is 2.20. The molecular formula is C28H37N3O. The van der Waals surface area contributed by atoms with Gasteiger partial charge in [-0.25, -0.2) is 0 Å². The molecule has 0 saturated carbocycles. The topological polar surface area (TPSA) is 27.7 Å². The number of hydrogen-bond donors (Lipinski definition) is 1. The van der Waals surface area contributed by atoms with E-state index >= 15 is 0 Å². The summed E-state index contributed by atoms with van der Waals surface area (Å²) in [5, 5.41) is 3.26. The van der Waals surface area contributed by atoms with E-state index in [9.17, 15) is 0 Å². The van der Waals surface area contributed by atoms with Gasteiger partial charge in [0.1, 0.15) is 11.9 Å². The molecule has 32 heavy (non-hydrogen) atoms. The molecule has 1 heterocycles. The van der Waals surface area contributed by atoms with Gasteiger partial charge in [0.25, 0.3) is 0 Å². The summed E-state index contributed by atoms with van der Waals surface area (Å²) in [5.74, 6) is 0.989. The van der Waals surface area contributed by atoms with Gasteiger partial charge in [-0.1, -0.05) is 79.9 Å². The molecule has 0 spiro atoms. The predicted octanol–water partition coefficient (Wildman–Crippen LogP) is 4.83. The molecule has 170 valence electrons. The summed E-state index contributed by atoms with van der Waals surface area (Å²) in [5.41, 5.74) is 3.70. The molecule has 1 fully saturated rings. The summed E-state index contributed by atoms with van der Waals surface area (Å²) < 4.78 is 6.59. The number of piperazine rings is 1. The van der Waals surface area contributed by atoms with E-state index in [0.717, 1.165) is 58.0 Å². The Kier molecular flexibility index (Phi) is 9.76. The third-order valence-electron chi connectivity index (χ3n) is 5.93. The summed E-state index contributed by atoms with van der Waals surface area (Å²) in [6.07, 6.45) is 6.78. The number of hydrogen-bond acceptors (Lipinski definition) is 4. The lowest BCUT2D eigenvalue weighted by molar-refractivity contribution is 0.132. The van der Waals surface area contributed by atoms with E-state index in [-0.39, 0.29) is 6.10 Å². The van der Waals surface area contributed by atoms with E-state index in [2.05, 4.69) is 82.9 Å². The predicted molar refractivity (Wildman–Crippen MR) is 135 cm³/mol. The molecule has 2 aromatic rings. The van der Waals surface area contributed by atoms with E-state index in [1.165, 1.54) is 16.7 Å². The van der Waals surface area contributed by atoms with Gasteiger partial charge in [0.15, 0.2) is 0 Å². The van der Waals surface area contributed by atoms with Gasteiger partial charge < -0.3 is 10.1 Å². The van der Waals surface area contributed by atoms with Crippen molar-refractivity contribution in [1.29, 1.82) is 0 Å². The number of nitrogens with one attached hydrogen (secondary N) is 1. The number of ether oxygens (including phenoxy) is 1. The number of para-hydroxylation sites is 1. The zero-order valence-corrected chi connectivity index (χ0v) is 19.4. The summed E-state index contributed by atoms with van der Waals surface area (Å²) in [6.45, 7) is 14.7. The minimum Gasteiger partial charge on any atom is -0.485 e. The maximum atomic E-state index is 6.59. The van der Waals surface area contributed by atoms with E-state index < -0.39 is 0 Å². The highest BCUT2D eigenvalue weighted by Crippen LogP contribution is 2.28. The second-order valence-electron chi connectivity index (χ2n) is 8.25. The molecule has 1 unspecified atom stereocenters. The minimum absolute atomic E-state index is 0.0376. The summed E-state index contributed by atoms with van der Waals surface area (Å²) in [4.78, 5) is 5.01. The fraction of sp³-hybridized carbons (Fsp3) is 0.357. The van der Waals surface area contributed by atoms with Crippen LogP contribution in [0.4, 0.5) is 0 Å². The van der Waals surface area contributed by atoms with Crippen LogP contribution in [0.3, 0.4) is 0 Å². The fourth-order valence-corrected chi connectivity index (χ4v) is 4.08. The van der Waals surface area contributed by atoms with Gasteiger partial charge in [-0.3, -0.25) is 9.80 Å². The Morgan fingerprint density at radius 3 is 2.38 bits per heavy atom. The molecular weight excluding hydrogens is 394 g/mol. The van der Waals surface area contributed by atoms with Gasteiger partial charge >= 0.3 is 0 Å². The van der Waals surface area contributed by atoms with Crippen LogP contribution >= 0.6 is 0 Å². The summed E-state index contributed by atoms with van der Waals surface area (Å²) in [6, 6.07) is 19.0. The van der Waals surface area contributed by atoms with Crippen LogP contribution in [-0.2, 0) is 6.54 Å². The molecule has 0 aliphatic carbocycles. The molecule has 4 heteroatoms. The zero-order chi connectivity index (χ0) is 22.6. The quantitative estimate of drug-likeness (QED) is 0.487. The van der Waals surface area contributed by atoms with Crippen molar-refractivity contribution < 1.29 is 4.74 Å². The highest BCUT2D eigenvalue weighted by atomic mass is 16.5. The second kappa shape index (κ2) is 13.0. The van der Waals surface area contributed by atoms with Gasteiger partial charge in [-0.15, -0.1) is 0 Å². The van der Waals surface area contributed by atoms with Gasteiger partial charge in [0, 0.05) is 51.3 Å². The molecule has 0 radical (unpaired) electrons. The van der Waals surface area contributed by atoms with Crippen LogP contribution in [0.15, 0.2) is 91.6 Å². The first-order valence-electron chi connectivity index (χ1n) is 11.6. The molecule has 4 nitrogen and oxygen atoms in total. The Labute approximate surface area is 193 Å². The average Bonchev–Trinajstić information content (AvgIpc) is 2.84. The molecule has 1 aliphatic heterocycles. The highest BCUT2D eigenvalue weighted by molar-refractivity contribution is 5.34. The molecule has 0 bridgehead atoms. The minimum atomic E-state index is 0.0376. The lowest BCUT2D eigenvalue weighted by Crippen LogP contribution is -2.46. The molecule has 1 N–H and O–H groups in total. The van der Waals surface area contributed by atoms with Crippen molar-refractivity contribution in [3.8, 4) is 5.75 Å². The first kappa shape index (κ1) is 24.0. The first-order valence-corrected chi connectivity index (χ1v) is 11.6. The van der Waals surface area contributed by atoms with Crippen LogP contribution < -0.4 is 10.1 Å². The average molecular weight is 432 g/mol. The van der Waals surface area contributed by atoms with Gasteiger partial charge in [-0.05, 0) is 30.8 Å². The van der Waals surface area contributed by atoms with Crippen LogP contribution in [0.2, 0.25) is 0 Å². The smallest absolute Gasteiger partial charge is 0.125 e. The number of allylic oxidation sites excluding steroid dienone is 2. The number of rotatable bonds is 12. The maximum absolute atomic E-state index is 6.59. The van der Waals surface area contributed by atoms with Crippen LogP contribution in [0.1, 0.15) is 23.7 Å². The zero-order valence-electron chi connectivity index (χ0n) is 19.4. The van der Waals surface area contributed by atoms with Crippen LogP contribution in [0.25, 0.3) is 0 Å². The standard InChI is InChI=1S/C28H37N3O/c1-4-11-24(5-2)22-30-18-20-31(21-19-30)23-26-14-9-10-15-27(26)32-28(16-17-29-3)25-12-7-6-8-13-25/h4-15,28-29H,1-2,16-23H2,3H3/b24-11+. The number of benzene rings is 2. The van der Waals surface area contributed by atoms with Crippen molar-refractivity contribution >= 4 is 0 Å². The van der Waals surface area contributed by atoms with Crippen molar-refractivity contribution in [3.63, 3.8) is 0 Å². The molecule has 0 amide bonds. The van der Waals surface area contributed by atoms with Crippen molar-refractivity contribution in [2.24, 2.45) is 0 Å². The van der Waals surface area contributed by atoms with Crippen molar-refractivity contribution in [2.75, 3.05) is 46.3 Å². The van der Waals surface area contributed by atoms with Gasteiger partial charge in [0.2, 0.25) is 0 Å². The third kappa shape index (κ3) is 7.20. The number of nitrogens with zero attached hydrogens (tertiary/aromatic N) is 2. The molecule has 1 atom stereocenters. The first-order chi connectivity index (χ1) is 15.7. The maximum Gasteiger partial charge on any atom is 0.125 e. The Balaban J connectivity index is 1.62. The normalized spacial score (nSPS) is 16.5. The van der Waals surface area contributed by atoms with E-state index in [1.807, 2.05) is 25.3 Å². The fourth-order valence-electron chi connectivity index (χ4n) is 4.08.